The minimum absolute atomic E-state index is 0. The van der Waals surface area contributed by atoms with Crippen LogP contribution in [-0.2, 0) is 20.1 Å². The van der Waals surface area contributed by atoms with Gasteiger partial charge >= 0.3 is 0 Å². The van der Waals surface area contributed by atoms with Crippen molar-refractivity contribution >= 4 is 72.6 Å². The molecule has 4 N–H and O–H groups in total. The Bertz CT molecular complexity index is 1530. The van der Waals surface area contributed by atoms with Crippen LogP contribution in [0, 0.1) is 6.92 Å². The molecule has 1 aliphatic carbocycles. The van der Waals surface area contributed by atoms with Crippen molar-refractivity contribution in [3.8, 4) is 0 Å². The van der Waals surface area contributed by atoms with Gasteiger partial charge in [-0.3, -0.25) is 18.9 Å². The zero-order valence-corrected chi connectivity index (χ0v) is 21.1. The third kappa shape index (κ3) is 4.35. The average Bonchev–Trinajstić information content (AvgIpc) is 2.72. The number of fused-ring (bicyclic) bond motifs is 2. The fourth-order valence-electron chi connectivity index (χ4n) is 3.51. The molecule has 0 amide bonds. The van der Waals surface area contributed by atoms with E-state index < -0.39 is 59.1 Å². The van der Waals surface area contributed by atoms with Crippen LogP contribution >= 0.6 is 0 Å². The number of rotatable bonds is 4. The second kappa shape index (κ2) is 8.67. The van der Waals surface area contributed by atoms with Crippen LogP contribution in [-0.4, -0.2) is 62.5 Å². The summed E-state index contributed by atoms with van der Waals surface area (Å²) in [4.78, 5) is 25.2. The summed E-state index contributed by atoms with van der Waals surface area (Å²) in [5.41, 5.74) is 4.65. The van der Waals surface area contributed by atoms with Gasteiger partial charge in [-0.25, -0.2) is 8.42 Å². The summed E-state index contributed by atoms with van der Waals surface area (Å²) in [5.74, 6) is -1.49. The van der Waals surface area contributed by atoms with Crippen LogP contribution in [0.4, 0.5) is 11.4 Å². The van der Waals surface area contributed by atoms with E-state index in [1.807, 2.05) is 0 Å². The Kier molecular flexibility index (Phi) is 6.59. The number of ketones is 2. The summed E-state index contributed by atoms with van der Waals surface area (Å²) in [5, 5.41) is 0. The van der Waals surface area contributed by atoms with E-state index in [0.717, 1.165) is 11.6 Å². The summed E-state index contributed by atoms with van der Waals surface area (Å²) in [6, 6.07) is 12.3. The van der Waals surface area contributed by atoms with Crippen molar-refractivity contribution in [2.75, 3.05) is 10.5 Å². The van der Waals surface area contributed by atoms with Gasteiger partial charge in [-0.2, -0.15) is 8.42 Å². The Labute approximate surface area is 212 Å². The molecule has 0 aromatic heterocycles. The number of aryl methyl sites for hydroxylation is 1. The maximum atomic E-state index is 13.2. The van der Waals surface area contributed by atoms with Gasteiger partial charge in [0.2, 0.25) is 0 Å². The van der Waals surface area contributed by atoms with Gasteiger partial charge in [0, 0.05) is 40.7 Å². The predicted octanol–water partition coefficient (Wildman–Crippen LogP) is 2.02. The molecule has 0 aliphatic heterocycles. The van der Waals surface area contributed by atoms with Crippen molar-refractivity contribution in [3.63, 3.8) is 0 Å². The number of hydrogen-bond donors (Lipinski definition) is 3. The molecular formula is C21H16N2NaO7S2. The topological polar surface area (TPSA) is 161 Å². The monoisotopic (exact) mass is 495 g/mol. The molecule has 0 saturated heterocycles. The molecule has 165 valence electrons. The van der Waals surface area contributed by atoms with Crippen LogP contribution in [0.25, 0.3) is 0 Å². The van der Waals surface area contributed by atoms with Crippen molar-refractivity contribution in [1.82, 2.24) is 0 Å². The van der Waals surface area contributed by atoms with Crippen LogP contribution in [0.3, 0.4) is 0 Å². The Hall–Kier alpha value is -2.54. The minimum Gasteiger partial charge on any atom is -0.397 e. The number of nitrogen functional groups attached to an aromatic ring is 1. The van der Waals surface area contributed by atoms with E-state index >= 15 is 0 Å². The molecule has 0 heterocycles. The Morgan fingerprint density at radius 1 is 0.848 bits per heavy atom. The van der Waals surface area contributed by atoms with Gasteiger partial charge in [0.05, 0.1) is 27.4 Å². The first-order valence-corrected chi connectivity index (χ1v) is 12.1. The molecule has 0 unspecified atom stereocenters. The first kappa shape index (κ1) is 25.1. The van der Waals surface area contributed by atoms with Crippen molar-refractivity contribution in [3.05, 3.63) is 82.4 Å². The second-order valence-electron chi connectivity index (χ2n) is 7.18. The molecule has 3 aromatic carbocycles. The van der Waals surface area contributed by atoms with E-state index in [2.05, 4.69) is 4.72 Å². The molecule has 33 heavy (non-hydrogen) atoms. The van der Waals surface area contributed by atoms with Crippen molar-refractivity contribution < 1.29 is 31.0 Å². The van der Waals surface area contributed by atoms with Crippen molar-refractivity contribution in [2.24, 2.45) is 0 Å². The number of nitrogens with one attached hydrogen (secondary N) is 1. The van der Waals surface area contributed by atoms with Gasteiger partial charge in [0.1, 0.15) is 4.90 Å². The molecule has 0 spiro atoms. The molecule has 12 heteroatoms. The predicted molar refractivity (Wildman–Crippen MR) is 122 cm³/mol. The van der Waals surface area contributed by atoms with Gasteiger partial charge in [-0.15, -0.1) is 0 Å². The number of carbonyl (C=O) groups is 2. The first-order valence-electron chi connectivity index (χ1n) is 9.13. The summed E-state index contributed by atoms with van der Waals surface area (Å²) < 4.78 is 61.4. The molecule has 1 aliphatic rings. The summed E-state index contributed by atoms with van der Waals surface area (Å²) >= 11 is 0. The Morgan fingerprint density at radius 3 is 1.88 bits per heavy atom. The van der Waals surface area contributed by atoms with Gasteiger partial charge in [0.25, 0.3) is 20.1 Å². The number of nitrogens with two attached hydrogens (primary N) is 1. The molecule has 0 fully saturated rings. The molecule has 0 bridgehead atoms. The zero-order chi connectivity index (χ0) is 23.4. The fraction of sp³-hybridized carbons (Fsp3) is 0.0476. The number of benzene rings is 3. The van der Waals surface area contributed by atoms with E-state index in [1.54, 1.807) is 19.1 Å². The molecule has 0 saturated carbocycles. The van der Waals surface area contributed by atoms with Crippen LogP contribution in [0.15, 0.2) is 64.4 Å². The van der Waals surface area contributed by atoms with Gasteiger partial charge in [-0.05, 0) is 25.1 Å². The van der Waals surface area contributed by atoms with E-state index in [1.165, 1.54) is 36.4 Å². The van der Waals surface area contributed by atoms with Gasteiger partial charge in [0.15, 0.2) is 11.6 Å². The minimum atomic E-state index is -4.96. The van der Waals surface area contributed by atoms with Gasteiger partial charge < -0.3 is 5.73 Å². The standard InChI is InChI=1S/C21H16N2O7S2.Na/c1-11-6-8-12(9-7-11)31(26,27)23-15-10-16(32(28,29)30)19(22)18-17(15)20(24)13-4-2-3-5-14(13)21(18)25;/h2-10,23H,22H2,1H3,(H,28,29,30);. The number of sulfonamides is 1. The largest absolute Gasteiger partial charge is 0.397 e. The van der Waals surface area contributed by atoms with E-state index in [9.17, 15) is 31.0 Å². The summed E-state index contributed by atoms with van der Waals surface area (Å²) in [7, 11) is -9.24. The third-order valence-corrected chi connectivity index (χ3v) is 7.33. The first-order chi connectivity index (χ1) is 14.9. The molecule has 9 nitrogen and oxygen atoms in total. The number of carbonyl (C=O) groups excluding carboxylic acids is 2. The van der Waals surface area contributed by atoms with E-state index in [4.69, 9.17) is 5.73 Å². The van der Waals surface area contributed by atoms with Crippen molar-refractivity contribution in [2.45, 2.75) is 16.7 Å². The number of hydrogen-bond acceptors (Lipinski definition) is 7. The second-order valence-corrected chi connectivity index (χ2v) is 10.3. The Balaban J connectivity index is 0.00000306. The number of anilines is 2. The van der Waals surface area contributed by atoms with E-state index in [0.29, 0.717) is 0 Å². The average molecular weight is 495 g/mol. The normalized spacial score (nSPS) is 13.0. The smallest absolute Gasteiger partial charge is 0.296 e. The summed E-state index contributed by atoms with van der Waals surface area (Å²) in [6.07, 6.45) is 0. The molecule has 1 radical (unpaired) electrons. The molecule has 4 rings (SSSR count). The third-order valence-electron chi connectivity index (χ3n) is 5.05. The maximum absolute atomic E-state index is 13.2. The quantitative estimate of drug-likeness (QED) is 0.220. The Morgan fingerprint density at radius 2 is 1.36 bits per heavy atom. The van der Waals surface area contributed by atoms with Crippen LogP contribution in [0.2, 0.25) is 0 Å². The van der Waals surface area contributed by atoms with E-state index in [-0.39, 0.29) is 45.6 Å². The zero-order valence-electron chi connectivity index (χ0n) is 17.5. The van der Waals surface area contributed by atoms with Crippen LogP contribution in [0.1, 0.15) is 37.4 Å². The van der Waals surface area contributed by atoms with Gasteiger partial charge in [-0.1, -0.05) is 42.0 Å². The fourth-order valence-corrected chi connectivity index (χ4v) is 5.22. The maximum Gasteiger partial charge on any atom is 0.296 e. The molecular weight excluding hydrogens is 479 g/mol. The van der Waals surface area contributed by atoms with Crippen LogP contribution in [0.5, 0.6) is 0 Å². The molecule has 0 atom stereocenters. The SMILES string of the molecule is Cc1ccc(S(=O)(=O)Nc2cc(S(=O)(=O)O)c(N)c3c2C(=O)c2ccccc2C3=O)cc1.[Na]. The molecule has 3 aromatic rings. The summed E-state index contributed by atoms with van der Waals surface area (Å²) in [6.45, 7) is 1.76. The van der Waals surface area contributed by atoms with Crippen LogP contribution < -0.4 is 10.5 Å². The van der Waals surface area contributed by atoms with Crippen molar-refractivity contribution in [1.29, 1.82) is 0 Å².